The van der Waals surface area contributed by atoms with E-state index in [1.165, 1.54) is 0 Å². The third kappa shape index (κ3) is 8.82. The summed E-state index contributed by atoms with van der Waals surface area (Å²) < 4.78 is 430. The second-order valence-corrected chi connectivity index (χ2v) is 9.11. The molecular formula is C17F32O7. The largest absolute Gasteiger partial charge is 0.459 e. The molecule has 0 aliphatic rings. The summed E-state index contributed by atoms with van der Waals surface area (Å²) >= 11 is 0. The van der Waals surface area contributed by atoms with E-state index in [4.69, 9.17) is 0 Å². The average molecular weight is 924 g/mol. The molecule has 334 valence electrons. The summed E-state index contributed by atoms with van der Waals surface area (Å²) in [6.45, 7) is 0. The van der Waals surface area contributed by atoms with Gasteiger partial charge in [-0.05, 0) is 0 Å². The first kappa shape index (κ1) is 52.9. The summed E-state index contributed by atoms with van der Waals surface area (Å²) in [4.78, 5) is 20.2. The van der Waals surface area contributed by atoms with Crippen LogP contribution < -0.4 is 0 Å². The fraction of sp³-hybridized carbons (Fsp3) is 0.882. The molecule has 0 radical (unpaired) electrons. The van der Waals surface area contributed by atoms with Gasteiger partial charge in [-0.15, -0.1) is 0 Å². The highest BCUT2D eigenvalue weighted by Crippen LogP contribution is 2.60. The number of rotatable bonds is 16. The van der Waals surface area contributed by atoms with Gasteiger partial charge >= 0.3 is 103 Å². The van der Waals surface area contributed by atoms with Crippen LogP contribution in [-0.4, -0.2) is 103 Å². The highest BCUT2D eigenvalue weighted by Gasteiger charge is 2.89. The first-order valence-electron chi connectivity index (χ1n) is 11.2. The third-order valence-electron chi connectivity index (χ3n) is 5.13. The van der Waals surface area contributed by atoms with Crippen molar-refractivity contribution in [1.29, 1.82) is 0 Å². The van der Waals surface area contributed by atoms with Crippen LogP contribution in [0, 0.1) is 0 Å². The Labute approximate surface area is 278 Å². The topological polar surface area (TPSA) is 80.3 Å². The van der Waals surface area contributed by atoms with Gasteiger partial charge in [-0.25, -0.2) is 0 Å². The van der Waals surface area contributed by atoms with E-state index in [1.54, 1.807) is 0 Å². The SMILES string of the molecule is O=C(F)[C@](F)(OC(F)(F)[C@@](F)(OC(F)(F)[C@](F)(OC(F)(F)C(F)(F)O[C@](F)(C(F)(F)F)C(F)(F)O[C@@](F)(C(=O)F)C(F)(F)F)C(F)(F)F)C(F)(F)F)C(F)(F)F. The van der Waals surface area contributed by atoms with Gasteiger partial charge in [-0.3, -0.25) is 33.3 Å². The fourth-order valence-electron chi connectivity index (χ4n) is 2.46. The van der Waals surface area contributed by atoms with Crippen molar-refractivity contribution in [3.8, 4) is 0 Å². The number of carbonyl (C=O) groups is 2. The quantitative estimate of drug-likeness (QED) is 0.113. The first-order chi connectivity index (χ1) is 23.7. The summed E-state index contributed by atoms with van der Waals surface area (Å²) in [5, 5.41) is 0. The molecule has 0 aromatic heterocycles. The van der Waals surface area contributed by atoms with Crippen LogP contribution in [0.5, 0.6) is 0 Å². The smallest absolute Gasteiger partial charge is 0.263 e. The molecule has 0 fully saturated rings. The maximum Gasteiger partial charge on any atom is 0.459 e. The Kier molecular flexibility index (Phi) is 13.3. The Morgan fingerprint density at radius 1 is 0.250 bits per heavy atom. The summed E-state index contributed by atoms with van der Waals surface area (Å²) in [5.74, 6) is -42.9. The van der Waals surface area contributed by atoms with Gasteiger partial charge in [0.15, 0.2) is 0 Å². The molecule has 0 spiro atoms. The van der Waals surface area contributed by atoms with Crippen LogP contribution in [0.25, 0.3) is 0 Å². The zero-order valence-electron chi connectivity index (χ0n) is 23.5. The second kappa shape index (κ2) is 14.0. The van der Waals surface area contributed by atoms with Gasteiger partial charge in [-0.2, -0.15) is 140 Å². The number of carbonyl (C=O) groups excluding carboxylic acids is 2. The molecule has 0 saturated heterocycles. The summed E-state index contributed by atoms with van der Waals surface area (Å²) in [6.07, 6.45) is -87.2. The molecule has 0 rings (SSSR count). The lowest BCUT2D eigenvalue weighted by Crippen LogP contribution is -2.71. The van der Waals surface area contributed by atoms with Crippen LogP contribution in [0.3, 0.4) is 0 Å². The normalized spacial score (nSPS) is 20.6. The minimum Gasteiger partial charge on any atom is -0.263 e. The van der Waals surface area contributed by atoms with Crippen LogP contribution in [0.4, 0.5) is 140 Å². The van der Waals surface area contributed by atoms with Crippen molar-refractivity contribution >= 4 is 12.1 Å². The first-order valence-corrected chi connectivity index (χ1v) is 11.2. The Bertz CT molecular complexity index is 1440. The number of halogens is 32. The lowest BCUT2D eigenvalue weighted by molar-refractivity contribution is -0.594. The summed E-state index contributed by atoms with van der Waals surface area (Å²) in [6, 6.07) is -10.4. The van der Waals surface area contributed by atoms with Crippen molar-refractivity contribution < 1.29 is 174 Å². The van der Waals surface area contributed by atoms with Crippen LogP contribution >= 0.6 is 0 Å². The Hall–Kier alpha value is -3.10. The minimum absolute atomic E-state index is 0.798. The van der Waals surface area contributed by atoms with Crippen molar-refractivity contribution in [1.82, 2.24) is 0 Å². The zero-order chi connectivity index (χ0) is 46.2. The molecule has 0 aliphatic carbocycles. The van der Waals surface area contributed by atoms with Gasteiger partial charge in [0.2, 0.25) is 0 Å². The van der Waals surface area contributed by atoms with Crippen LogP contribution in [-0.2, 0) is 33.3 Å². The maximum absolute atomic E-state index is 14.4. The van der Waals surface area contributed by atoms with E-state index in [-0.39, 0.29) is 0 Å². The standard InChI is InChI=1S/C17F32O7/c18-1(50)3(20,8(25,26)27)52-13(40,41)5(22,10(31,32)33)54-15(44,45)7(24,12(37,38)39)56-17(48,49)16(46,47)55-6(23,11(34,35)36)14(42,43)53-4(21,2(19)51)9(28,29)30/t3-,4-,5-,6+,7+/m0/s1. The van der Waals surface area contributed by atoms with Gasteiger partial charge in [0, 0.05) is 0 Å². The molecule has 0 heterocycles. The van der Waals surface area contributed by atoms with Gasteiger partial charge in [0.05, 0.1) is 0 Å². The van der Waals surface area contributed by atoms with E-state index in [9.17, 15) is 150 Å². The molecule has 0 aromatic rings. The number of hydrogen-bond donors (Lipinski definition) is 0. The molecule has 0 saturated carbocycles. The van der Waals surface area contributed by atoms with E-state index in [0.29, 0.717) is 0 Å². The summed E-state index contributed by atoms with van der Waals surface area (Å²) in [7, 11) is 0. The van der Waals surface area contributed by atoms with Gasteiger partial charge in [-0.1, -0.05) is 0 Å². The number of alkyl halides is 30. The predicted molar refractivity (Wildman–Crippen MR) is 91.9 cm³/mol. The van der Waals surface area contributed by atoms with Crippen molar-refractivity contribution in [3.05, 3.63) is 0 Å². The lowest BCUT2D eigenvalue weighted by Gasteiger charge is -2.43. The molecule has 39 heteroatoms. The van der Waals surface area contributed by atoms with Crippen molar-refractivity contribution in [3.63, 3.8) is 0 Å². The lowest BCUT2D eigenvalue weighted by atomic mass is 10.2. The molecule has 0 aliphatic heterocycles. The average Bonchev–Trinajstić information content (AvgIpc) is 2.87. The highest BCUT2D eigenvalue weighted by atomic mass is 19.4. The molecule has 56 heavy (non-hydrogen) atoms. The van der Waals surface area contributed by atoms with Crippen LogP contribution in [0.2, 0.25) is 0 Å². The van der Waals surface area contributed by atoms with Gasteiger partial charge in [0.25, 0.3) is 0 Å². The molecule has 0 aromatic carbocycles. The van der Waals surface area contributed by atoms with E-state index in [0.717, 1.165) is 23.7 Å². The zero-order valence-corrected chi connectivity index (χ0v) is 23.5. The molecule has 7 nitrogen and oxygen atoms in total. The Balaban J connectivity index is 7.65. The molecular weight excluding hydrogens is 924 g/mol. The predicted octanol–water partition coefficient (Wildman–Crippen LogP) is 9.17. The molecule has 0 unspecified atom stereocenters. The van der Waals surface area contributed by atoms with Gasteiger partial charge in [0.1, 0.15) is 0 Å². The maximum atomic E-state index is 14.4. The van der Waals surface area contributed by atoms with E-state index in [2.05, 4.69) is 0 Å². The van der Waals surface area contributed by atoms with Crippen LogP contribution in [0.1, 0.15) is 0 Å². The van der Waals surface area contributed by atoms with Gasteiger partial charge < -0.3 is 0 Å². The van der Waals surface area contributed by atoms with Crippen molar-refractivity contribution in [2.75, 3.05) is 0 Å². The number of hydrogen-bond acceptors (Lipinski definition) is 7. The van der Waals surface area contributed by atoms with E-state index in [1.807, 2.05) is 0 Å². The summed E-state index contributed by atoms with van der Waals surface area (Å²) in [5.41, 5.74) is 0. The van der Waals surface area contributed by atoms with E-state index >= 15 is 0 Å². The second-order valence-electron chi connectivity index (χ2n) is 9.11. The molecule has 5 atom stereocenters. The van der Waals surface area contributed by atoms with Crippen molar-refractivity contribution in [2.24, 2.45) is 0 Å². The Morgan fingerprint density at radius 2 is 0.411 bits per heavy atom. The minimum atomic E-state index is -9.30. The van der Waals surface area contributed by atoms with Crippen molar-refractivity contribution in [2.45, 2.75) is 90.7 Å². The fourth-order valence-corrected chi connectivity index (χ4v) is 2.46. The third-order valence-corrected chi connectivity index (χ3v) is 5.13. The number of ether oxygens (including phenoxy) is 5. The van der Waals surface area contributed by atoms with Crippen LogP contribution in [0.15, 0.2) is 0 Å². The molecule has 0 N–H and O–H groups in total. The molecule has 0 bridgehead atoms. The van der Waals surface area contributed by atoms with E-state index < -0.39 is 103 Å². The molecule has 0 amide bonds. The monoisotopic (exact) mass is 924 g/mol. The highest BCUT2D eigenvalue weighted by molar-refractivity contribution is 5.78. The Morgan fingerprint density at radius 3 is 0.554 bits per heavy atom.